The van der Waals surface area contributed by atoms with Gasteiger partial charge in [0, 0.05) is 50.7 Å². The first-order chi connectivity index (χ1) is 16.2. The van der Waals surface area contributed by atoms with Gasteiger partial charge in [-0.2, -0.15) is 17.5 Å². The summed E-state index contributed by atoms with van der Waals surface area (Å²) in [5, 5.41) is 10.6. The van der Waals surface area contributed by atoms with Gasteiger partial charge in [0.05, 0.1) is 7.11 Å². The Kier molecular flexibility index (Phi) is 12.2. The van der Waals surface area contributed by atoms with Crippen LogP contribution in [0, 0.1) is 5.92 Å². The predicted octanol–water partition coefficient (Wildman–Crippen LogP) is 2.84. The van der Waals surface area contributed by atoms with Crippen molar-refractivity contribution in [2.75, 3.05) is 46.4 Å². The summed E-state index contributed by atoms with van der Waals surface area (Å²) in [6.07, 6.45) is -4.23. The number of alkyl halides is 3. The Labute approximate surface area is 208 Å². The number of carboxylic acid groups (broad SMARTS) is 1. The molecule has 2 N–H and O–H groups in total. The average Bonchev–Trinajstić information content (AvgIpc) is 2.78. The van der Waals surface area contributed by atoms with Crippen molar-refractivity contribution in [1.82, 2.24) is 14.5 Å². The zero-order valence-corrected chi connectivity index (χ0v) is 21.3. The molecular weight excluding hydrogens is 515 g/mol. The molecule has 1 saturated heterocycles. The second-order valence-corrected chi connectivity index (χ2v) is 10.4. The third kappa shape index (κ3) is 10.2. The minimum Gasteiger partial charge on any atom is -0.495 e. The van der Waals surface area contributed by atoms with Crippen molar-refractivity contribution >= 4 is 33.5 Å². The van der Waals surface area contributed by atoms with Crippen LogP contribution in [-0.4, -0.2) is 87.2 Å². The molecule has 9 nitrogen and oxygen atoms in total. The van der Waals surface area contributed by atoms with Gasteiger partial charge in [-0.1, -0.05) is 25.4 Å². The lowest BCUT2D eigenvalue weighted by atomic mass is 10.1. The Morgan fingerprint density at radius 2 is 1.80 bits per heavy atom. The first kappa shape index (κ1) is 30.9. The van der Waals surface area contributed by atoms with Crippen LogP contribution in [0.4, 0.5) is 13.2 Å². The summed E-state index contributed by atoms with van der Waals surface area (Å²) in [6.45, 7) is 7.38. The number of hydrogen-bond acceptors (Lipinski definition) is 6. The molecule has 14 heteroatoms. The summed E-state index contributed by atoms with van der Waals surface area (Å²) < 4.78 is 65.0. The van der Waals surface area contributed by atoms with Crippen molar-refractivity contribution in [2.24, 2.45) is 5.92 Å². The second-order valence-electron chi connectivity index (χ2n) is 8.07. The monoisotopic (exact) mass is 545 g/mol. The number of nitrogens with zero attached hydrogens (tertiary/aromatic N) is 2. The number of benzene rings is 1. The Bertz CT molecular complexity index is 954. The molecule has 1 fully saturated rings. The van der Waals surface area contributed by atoms with Crippen LogP contribution < -0.4 is 10.1 Å². The van der Waals surface area contributed by atoms with Crippen LogP contribution >= 0.6 is 11.6 Å². The zero-order valence-electron chi connectivity index (χ0n) is 19.8. The number of nitrogens with one attached hydrogen (secondary N) is 1. The summed E-state index contributed by atoms with van der Waals surface area (Å²) in [7, 11) is -2.42. The summed E-state index contributed by atoms with van der Waals surface area (Å²) in [5.41, 5.74) is 0. The Balaban J connectivity index is 0.000000762. The topological polar surface area (TPSA) is 116 Å². The summed E-state index contributed by atoms with van der Waals surface area (Å²) >= 11 is 6.04. The Morgan fingerprint density at radius 1 is 1.23 bits per heavy atom. The van der Waals surface area contributed by atoms with Crippen molar-refractivity contribution in [1.29, 1.82) is 0 Å². The Morgan fingerprint density at radius 3 is 2.29 bits per heavy atom. The number of ether oxygens (including phenoxy) is 1. The third-order valence-corrected chi connectivity index (χ3v) is 7.14. The lowest BCUT2D eigenvalue weighted by Crippen LogP contribution is -2.47. The van der Waals surface area contributed by atoms with Crippen LogP contribution in [0.5, 0.6) is 5.75 Å². The first-order valence-corrected chi connectivity index (χ1v) is 12.6. The molecule has 1 aromatic rings. The number of carbonyl (C=O) groups is 2. The van der Waals surface area contributed by atoms with E-state index in [1.807, 2.05) is 13.8 Å². The van der Waals surface area contributed by atoms with Gasteiger partial charge in [0.15, 0.2) is 0 Å². The number of carboxylic acids is 1. The lowest BCUT2D eigenvalue weighted by molar-refractivity contribution is -0.192. The molecule has 0 aliphatic carbocycles. The van der Waals surface area contributed by atoms with Crippen LogP contribution in [0.3, 0.4) is 0 Å². The molecule has 1 aromatic carbocycles. The standard InChI is InChI=1S/C19H30ClN3O4S.C2HF3O2/c1-15(2)6-10-23(11-7-19(24)22-12-8-21-9-13-22)28(25,26)18-14-16(20)4-5-17(18)27-3;3-2(4,5)1(6)7/h4-5,14-15,21H,6-13H2,1-3H3;(H,6,7). The van der Waals surface area contributed by atoms with E-state index in [-0.39, 0.29) is 29.5 Å². The molecule has 35 heavy (non-hydrogen) atoms. The first-order valence-electron chi connectivity index (χ1n) is 10.8. The smallest absolute Gasteiger partial charge is 0.490 e. The highest BCUT2D eigenvalue weighted by atomic mass is 35.5. The molecule has 1 heterocycles. The van der Waals surface area contributed by atoms with E-state index in [1.165, 1.54) is 17.5 Å². The van der Waals surface area contributed by atoms with Crippen LogP contribution in [0.15, 0.2) is 23.1 Å². The highest BCUT2D eigenvalue weighted by Crippen LogP contribution is 2.30. The van der Waals surface area contributed by atoms with Gasteiger partial charge < -0.3 is 20.1 Å². The van der Waals surface area contributed by atoms with E-state index in [2.05, 4.69) is 5.32 Å². The summed E-state index contributed by atoms with van der Waals surface area (Å²) in [6, 6.07) is 4.53. The molecule has 0 unspecified atom stereocenters. The van der Waals surface area contributed by atoms with Crippen molar-refractivity contribution in [3.63, 3.8) is 0 Å². The minimum atomic E-state index is -5.08. The fourth-order valence-corrected chi connectivity index (χ4v) is 4.91. The highest BCUT2D eigenvalue weighted by molar-refractivity contribution is 7.89. The van der Waals surface area contributed by atoms with Gasteiger partial charge in [-0.3, -0.25) is 4.79 Å². The number of sulfonamides is 1. The van der Waals surface area contributed by atoms with Crippen LogP contribution in [-0.2, 0) is 19.6 Å². The lowest BCUT2D eigenvalue weighted by Gasteiger charge is -2.29. The van der Waals surface area contributed by atoms with E-state index in [4.69, 9.17) is 26.2 Å². The molecule has 0 aromatic heterocycles. The number of piperazine rings is 1. The molecule has 0 radical (unpaired) electrons. The average molecular weight is 546 g/mol. The molecular formula is C21H31ClF3N3O6S. The number of amides is 1. The molecule has 0 atom stereocenters. The number of methoxy groups -OCH3 is 1. The van der Waals surface area contributed by atoms with Crippen LogP contribution in [0.2, 0.25) is 5.02 Å². The van der Waals surface area contributed by atoms with E-state index in [0.717, 1.165) is 13.1 Å². The quantitative estimate of drug-likeness (QED) is 0.490. The van der Waals surface area contributed by atoms with E-state index >= 15 is 0 Å². The fourth-order valence-electron chi connectivity index (χ4n) is 3.04. The summed E-state index contributed by atoms with van der Waals surface area (Å²) in [4.78, 5) is 23.2. The normalized spacial score (nSPS) is 14.5. The second kappa shape index (κ2) is 13.9. The van der Waals surface area contributed by atoms with E-state index in [9.17, 15) is 26.4 Å². The molecule has 0 saturated carbocycles. The largest absolute Gasteiger partial charge is 0.495 e. The maximum Gasteiger partial charge on any atom is 0.490 e. The van der Waals surface area contributed by atoms with Gasteiger partial charge in [0.1, 0.15) is 10.6 Å². The highest BCUT2D eigenvalue weighted by Gasteiger charge is 2.38. The van der Waals surface area contributed by atoms with Crippen LogP contribution in [0.25, 0.3) is 0 Å². The number of hydrogen-bond donors (Lipinski definition) is 2. The van der Waals surface area contributed by atoms with Crippen LogP contribution in [0.1, 0.15) is 26.7 Å². The maximum atomic E-state index is 13.3. The third-order valence-electron chi connectivity index (χ3n) is 4.99. The molecule has 1 amide bonds. The molecule has 2 rings (SSSR count). The van der Waals surface area contributed by atoms with Gasteiger partial charge in [-0.15, -0.1) is 0 Å². The molecule has 0 bridgehead atoms. The SMILES string of the molecule is COc1ccc(Cl)cc1S(=O)(=O)N(CCC(=O)N1CCNCC1)CCC(C)C.O=C(O)C(F)(F)F. The minimum absolute atomic E-state index is 0.0238. The Hall–Kier alpha value is -2.09. The fraction of sp³-hybridized carbons (Fsp3) is 0.619. The zero-order chi connectivity index (χ0) is 26.8. The van der Waals surface area contributed by atoms with E-state index in [0.29, 0.717) is 37.0 Å². The van der Waals surface area contributed by atoms with Crippen molar-refractivity contribution in [2.45, 2.75) is 37.8 Å². The summed E-state index contributed by atoms with van der Waals surface area (Å²) in [5.74, 6) is -2.20. The van der Waals surface area contributed by atoms with Gasteiger partial charge in [-0.05, 0) is 30.5 Å². The van der Waals surface area contributed by atoms with Crippen molar-refractivity contribution in [3.8, 4) is 5.75 Å². The number of carbonyl (C=O) groups excluding carboxylic acids is 1. The van der Waals surface area contributed by atoms with E-state index in [1.54, 1.807) is 17.0 Å². The van der Waals surface area contributed by atoms with Gasteiger partial charge in [0.25, 0.3) is 0 Å². The number of rotatable bonds is 9. The molecule has 1 aliphatic heterocycles. The van der Waals surface area contributed by atoms with Crippen molar-refractivity contribution < 1.29 is 41.0 Å². The van der Waals surface area contributed by atoms with E-state index < -0.39 is 22.2 Å². The number of halogens is 4. The number of aliphatic carboxylic acids is 1. The maximum absolute atomic E-state index is 13.3. The molecule has 200 valence electrons. The predicted molar refractivity (Wildman–Crippen MR) is 124 cm³/mol. The van der Waals surface area contributed by atoms with Gasteiger partial charge in [-0.25, -0.2) is 13.2 Å². The molecule has 1 aliphatic rings. The van der Waals surface area contributed by atoms with Gasteiger partial charge in [0.2, 0.25) is 15.9 Å². The van der Waals surface area contributed by atoms with Gasteiger partial charge >= 0.3 is 12.1 Å². The van der Waals surface area contributed by atoms with Crippen molar-refractivity contribution in [3.05, 3.63) is 23.2 Å². The molecule has 0 spiro atoms.